The Balaban J connectivity index is 1.37. The lowest BCUT2D eigenvalue weighted by molar-refractivity contribution is 0.238. The molecule has 136 valence electrons. The zero-order valence-electron chi connectivity index (χ0n) is 14.8. The van der Waals surface area contributed by atoms with E-state index in [-0.39, 0.29) is 0 Å². The lowest BCUT2D eigenvalue weighted by Crippen LogP contribution is -2.46. The Hall–Kier alpha value is -2.87. The summed E-state index contributed by atoms with van der Waals surface area (Å²) in [7, 11) is 1.72. The first-order valence-electron chi connectivity index (χ1n) is 8.71. The Labute approximate surface area is 152 Å². The second-order valence-electron chi connectivity index (χ2n) is 6.27. The summed E-state index contributed by atoms with van der Waals surface area (Å²) in [5.74, 6) is 2.62. The maximum absolute atomic E-state index is 5.48. The molecule has 8 nitrogen and oxygen atoms in total. The van der Waals surface area contributed by atoms with Crippen molar-refractivity contribution in [2.45, 2.75) is 13.1 Å². The fourth-order valence-electron chi connectivity index (χ4n) is 3.25. The molecule has 0 spiro atoms. The fraction of sp³-hybridized carbons (Fsp3) is 0.389. The van der Waals surface area contributed by atoms with Crippen LogP contribution < -0.4 is 9.64 Å². The maximum atomic E-state index is 5.48. The number of anilines is 1. The summed E-state index contributed by atoms with van der Waals surface area (Å²) >= 11 is 0. The Morgan fingerprint density at radius 2 is 1.88 bits per heavy atom. The second kappa shape index (κ2) is 7.57. The number of aromatic nitrogens is 4. The Morgan fingerprint density at radius 3 is 2.65 bits per heavy atom. The van der Waals surface area contributed by atoms with Gasteiger partial charge < -0.3 is 14.1 Å². The van der Waals surface area contributed by atoms with E-state index in [1.165, 1.54) is 0 Å². The molecule has 8 heteroatoms. The third-order valence-corrected chi connectivity index (χ3v) is 4.65. The van der Waals surface area contributed by atoms with Gasteiger partial charge in [-0.05, 0) is 34.7 Å². The smallest absolute Gasteiger partial charge is 0.165 e. The minimum absolute atomic E-state index is 0.552. The number of tetrazole rings is 1. The molecule has 26 heavy (non-hydrogen) atoms. The molecule has 0 saturated carbocycles. The normalized spacial score (nSPS) is 15.3. The van der Waals surface area contributed by atoms with Gasteiger partial charge in [0.1, 0.15) is 18.1 Å². The zero-order valence-corrected chi connectivity index (χ0v) is 14.8. The number of para-hydroxylation sites is 2. The molecule has 1 aliphatic heterocycles. The van der Waals surface area contributed by atoms with Crippen molar-refractivity contribution in [2.75, 3.05) is 38.2 Å². The number of nitrogens with zero attached hydrogens (tertiary/aromatic N) is 6. The second-order valence-corrected chi connectivity index (χ2v) is 6.27. The van der Waals surface area contributed by atoms with Crippen molar-refractivity contribution >= 4 is 5.69 Å². The van der Waals surface area contributed by atoms with Crippen LogP contribution >= 0.6 is 0 Å². The third kappa shape index (κ3) is 3.55. The van der Waals surface area contributed by atoms with Crippen LogP contribution in [0.3, 0.4) is 0 Å². The minimum atomic E-state index is 0.552. The standard InChI is InChI=1S/C18H22N6O2/c1-25-17-7-3-2-6-16(17)23-10-8-22(9-11-23)14-18-19-20-21-24(18)13-15-5-4-12-26-15/h2-7,12H,8-11,13-14H2,1H3. The lowest BCUT2D eigenvalue weighted by Gasteiger charge is -2.36. The molecular weight excluding hydrogens is 332 g/mol. The molecule has 1 aromatic carbocycles. The molecule has 0 aliphatic carbocycles. The van der Waals surface area contributed by atoms with Gasteiger partial charge in [0.2, 0.25) is 0 Å². The molecule has 0 radical (unpaired) electrons. The van der Waals surface area contributed by atoms with Gasteiger partial charge in [0, 0.05) is 26.2 Å². The monoisotopic (exact) mass is 354 g/mol. The number of methoxy groups -OCH3 is 1. The van der Waals surface area contributed by atoms with Crippen molar-refractivity contribution in [3.63, 3.8) is 0 Å². The molecular formula is C18H22N6O2. The predicted octanol–water partition coefficient (Wildman–Crippen LogP) is 1.65. The van der Waals surface area contributed by atoms with Gasteiger partial charge >= 0.3 is 0 Å². The molecule has 4 rings (SSSR count). The molecule has 1 aliphatic rings. The average Bonchev–Trinajstić information content (AvgIpc) is 3.35. The van der Waals surface area contributed by atoms with Crippen molar-refractivity contribution < 1.29 is 9.15 Å². The Bertz CT molecular complexity index is 824. The van der Waals surface area contributed by atoms with E-state index >= 15 is 0 Å². The van der Waals surface area contributed by atoms with Crippen LogP contribution in [-0.2, 0) is 13.1 Å². The number of benzene rings is 1. The van der Waals surface area contributed by atoms with Crippen LogP contribution in [0.2, 0.25) is 0 Å². The van der Waals surface area contributed by atoms with E-state index in [1.54, 1.807) is 18.1 Å². The van der Waals surface area contributed by atoms with Crippen LogP contribution in [0.25, 0.3) is 0 Å². The number of ether oxygens (including phenoxy) is 1. The fourth-order valence-corrected chi connectivity index (χ4v) is 3.25. The SMILES string of the molecule is COc1ccccc1N1CCN(Cc2nnnn2Cc2ccco2)CC1. The Kier molecular flexibility index (Phi) is 4.83. The number of hydrogen-bond acceptors (Lipinski definition) is 7. The summed E-state index contributed by atoms with van der Waals surface area (Å²) in [6.07, 6.45) is 1.66. The van der Waals surface area contributed by atoms with Crippen LogP contribution in [-0.4, -0.2) is 58.4 Å². The highest BCUT2D eigenvalue weighted by Gasteiger charge is 2.21. The molecule has 3 heterocycles. The van der Waals surface area contributed by atoms with Gasteiger partial charge in [-0.15, -0.1) is 5.10 Å². The van der Waals surface area contributed by atoms with Crippen LogP contribution in [0.1, 0.15) is 11.6 Å². The molecule has 0 bridgehead atoms. The van der Waals surface area contributed by atoms with Crippen molar-refractivity contribution in [3.8, 4) is 5.75 Å². The highest BCUT2D eigenvalue weighted by Crippen LogP contribution is 2.28. The van der Waals surface area contributed by atoms with Crippen molar-refractivity contribution in [2.24, 2.45) is 0 Å². The summed E-state index contributed by atoms with van der Waals surface area (Å²) in [6.45, 7) is 5.07. The molecule has 2 aromatic heterocycles. The summed E-state index contributed by atoms with van der Waals surface area (Å²) < 4.78 is 12.7. The Morgan fingerprint density at radius 1 is 1.04 bits per heavy atom. The lowest BCUT2D eigenvalue weighted by atomic mass is 10.2. The van der Waals surface area contributed by atoms with Gasteiger partial charge in [0.05, 0.1) is 25.6 Å². The maximum Gasteiger partial charge on any atom is 0.165 e. The van der Waals surface area contributed by atoms with Gasteiger partial charge in [-0.2, -0.15) is 0 Å². The van der Waals surface area contributed by atoms with Crippen LogP contribution in [0.4, 0.5) is 5.69 Å². The highest BCUT2D eigenvalue weighted by molar-refractivity contribution is 5.58. The number of furan rings is 1. The summed E-state index contributed by atoms with van der Waals surface area (Å²) in [6, 6.07) is 12.0. The van der Waals surface area contributed by atoms with Crippen molar-refractivity contribution in [3.05, 3.63) is 54.2 Å². The molecule has 0 atom stereocenters. The van der Waals surface area contributed by atoms with E-state index in [1.807, 2.05) is 30.3 Å². The number of piperazine rings is 1. The topological polar surface area (TPSA) is 72.5 Å². The van der Waals surface area contributed by atoms with E-state index < -0.39 is 0 Å². The van der Waals surface area contributed by atoms with Gasteiger partial charge in [-0.1, -0.05) is 12.1 Å². The van der Waals surface area contributed by atoms with E-state index in [4.69, 9.17) is 9.15 Å². The quantitative estimate of drug-likeness (QED) is 0.666. The molecule has 1 saturated heterocycles. The van der Waals surface area contributed by atoms with Gasteiger partial charge in [-0.3, -0.25) is 4.90 Å². The summed E-state index contributed by atoms with van der Waals surface area (Å²) in [4.78, 5) is 4.73. The first-order chi connectivity index (χ1) is 12.8. The summed E-state index contributed by atoms with van der Waals surface area (Å²) in [5, 5.41) is 12.1. The summed E-state index contributed by atoms with van der Waals surface area (Å²) in [5.41, 5.74) is 1.15. The molecule has 3 aromatic rings. The van der Waals surface area contributed by atoms with Crippen LogP contribution in [0.15, 0.2) is 47.1 Å². The van der Waals surface area contributed by atoms with Crippen molar-refractivity contribution in [1.82, 2.24) is 25.1 Å². The van der Waals surface area contributed by atoms with Gasteiger partial charge in [-0.25, -0.2) is 4.68 Å². The first kappa shape index (κ1) is 16.6. The van der Waals surface area contributed by atoms with E-state index in [0.717, 1.165) is 55.7 Å². The highest BCUT2D eigenvalue weighted by atomic mass is 16.5. The minimum Gasteiger partial charge on any atom is -0.495 e. The van der Waals surface area contributed by atoms with Crippen LogP contribution in [0.5, 0.6) is 5.75 Å². The average molecular weight is 354 g/mol. The zero-order chi connectivity index (χ0) is 17.8. The van der Waals surface area contributed by atoms with E-state index in [2.05, 4.69) is 31.4 Å². The molecule has 0 amide bonds. The molecule has 1 fully saturated rings. The van der Waals surface area contributed by atoms with Crippen molar-refractivity contribution in [1.29, 1.82) is 0 Å². The molecule has 0 unspecified atom stereocenters. The van der Waals surface area contributed by atoms with Crippen LogP contribution in [0, 0.1) is 0 Å². The first-order valence-corrected chi connectivity index (χ1v) is 8.71. The van der Waals surface area contributed by atoms with Gasteiger partial charge in [0.25, 0.3) is 0 Å². The van der Waals surface area contributed by atoms with Gasteiger partial charge in [0.15, 0.2) is 5.82 Å². The van der Waals surface area contributed by atoms with E-state index in [9.17, 15) is 0 Å². The predicted molar refractivity (Wildman–Crippen MR) is 96.1 cm³/mol. The third-order valence-electron chi connectivity index (χ3n) is 4.65. The molecule has 0 N–H and O–H groups in total. The largest absolute Gasteiger partial charge is 0.495 e. The van der Waals surface area contributed by atoms with E-state index in [0.29, 0.717) is 6.54 Å². The number of hydrogen-bond donors (Lipinski definition) is 0. The number of rotatable bonds is 6.